The Bertz CT molecular complexity index is 793. The van der Waals surface area contributed by atoms with Crippen LogP contribution in [0.1, 0.15) is 69.1 Å². The smallest absolute Gasteiger partial charge is 0.235 e. The molecule has 0 saturated heterocycles. The van der Waals surface area contributed by atoms with E-state index in [2.05, 4.69) is 58.0 Å². The molecule has 3 heteroatoms. The molecule has 2 aromatic carbocycles. The summed E-state index contributed by atoms with van der Waals surface area (Å²) in [5, 5.41) is 0. The molecule has 1 aliphatic heterocycles. The zero-order valence-corrected chi connectivity index (χ0v) is 16.9. The number of rotatable bonds is 5. The van der Waals surface area contributed by atoms with E-state index in [9.17, 15) is 0 Å². The fourth-order valence-corrected chi connectivity index (χ4v) is 3.34. The van der Waals surface area contributed by atoms with Gasteiger partial charge in [-0.3, -0.25) is 0 Å². The number of nitrogens with zero attached hydrogens (tertiary/aromatic N) is 2. The molecule has 3 rings (SSSR count). The minimum atomic E-state index is 0.400. The number of benzene rings is 2. The lowest BCUT2D eigenvalue weighted by Crippen LogP contribution is -2.19. The van der Waals surface area contributed by atoms with Gasteiger partial charge in [0, 0.05) is 12.1 Å². The van der Waals surface area contributed by atoms with Crippen LogP contribution in [-0.4, -0.2) is 24.8 Å². The molecule has 1 heterocycles. The lowest BCUT2D eigenvalue weighted by Gasteiger charge is -2.18. The summed E-state index contributed by atoms with van der Waals surface area (Å²) in [6.45, 7) is 10.4. The molecule has 27 heavy (non-hydrogen) atoms. The fraction of sp³-hybridized carbons (Fsp3) is 0.417. The molecule has 0 saturated carbocycles. The largest absolute Gasteiger partial charge is 0.476 e. The van der Waals surface area contributed by atoms with Gasteiger partial charge in [-0.15, -0.1) is 0 Å². The van der Waals surface area contributed by atoms with Crippen molar-refractivity contribution in [3.05, 3.63) is 65.2 Å². The standard InChI is InChI=1S/C24H30N2O/c1-17(2)20-13-10-14-21(18(3)4)23(20)26-22(19-11-6-5-7-12-19)24-25-15-8-9-16-27-24/h5-7,10-14,17-18H,8-9,15-16H2,1-4H3. The summed E-state index contributed by atoms with van der Waals surface area (Å²) in [6.07, 6.45) is 2.10. The van der Waals surface area contributed by atoms with Crippen LogP contribution in [-0.2, 0) is 4.74 Å². The Kier molecular flexibility index (Phi) is 6.44. The monoisotopic (exact) mass is 362 g/mol. The van der Waals surface area contributed by atoms with Gasteiger partial charge in [0.15, 0.2) is 0 Å². The number of hydrogen-bond acceptors (Lipinski definition) is 3. The molecule has 0 unspecified atom stereocenters. The van der Waals surface area contributed by atoms with Crippen molar-refractivity contribution in [2.24, 2.45) is 9.98 Å². The van der Waals surface area contributed by atoms with Crippen molar-refractivity contribution in [2.75, 3.05) is 13.2 Å². The number of hydrogen-bond donors (Lipinski definition) is 0. The summed E-state index contributed by atoms with van der Waals surface area (Å²) in [6, 6.07) is 16.8. The van der Waals surface area contributed by atoms with Crippen LogP contribution in [0, 0.1) is 0 Å². The summed E-state index contributed by atoms with van der Waals surface area (Å²) in [7, 11) is 0. The van der Waals surface area contributed by atoms with Gasteiger partial charge in [0.05, 0.1) is 12.3 Å². The van der Waals surface area contributed by atoms with Crippen LogP contribution < -0.4 is 0 Å². The maximum Gasteiger partial charge on any atom is 0.235 e. The number of para-hydroxylation sites is 1. The van der Waals surface area contributed by atoms with Crippen molar-refractivity contribution < 1.29 is 4.74 Å². The van der Waals surface area contributed by atoms with Crippen molar-refractivity contribution in [1.82, 2.24) is 0 Å². The molecular formula is C24H30N2O. The van der Waals surface area contributed by atoms with Crippen LogP contribution in [0.4, 0.5) is 5.69 Å². The fourth-order valence-electron chi connectivity index (χ4n) is 3.34. The second-order valence-corrected chi connectivity index (χ2v) is 7.66. The van der Waals surface area contributed by atoms with E-state index in [-0.39, 0.29) is 0 Å². The molecule has 142 valence electrons. The van der Waals surface area contributed by atoms with Crippen LogP contribution in [0.25, 0.3) is 0 Å². The van der Waals surface area contributed by atoms with E-state index in [4.69, 9.17) is 14.7 Å². The van der Waals surface area contributed by atoms with Crippen LogP contribution in [0.2, 0.25) is 0 Å². The van der Waals surface area contributed by atoms with Gasteiger partial charge in [0.1, 0.15) is 5.71 Å². The summed E-state index contributed by atoms with van der Waals surface area (Å²) in [5.74, 6) is 1.47. The second kappa shape index (κ2) is 8.98. The first kappa shape index (κ1) is 19.3. The summed E-state index contributed by atoms with van der Waals surface area (Å²) in [5.41, 5.74) is 5.49. The van der Waals surface area contributed by atoms with Crippen molar-refractivity contribution >= 4 is 17.3 Å². The Hall–Kier alpha value is -2.42. The van der Waals surface area contributed by atoms with Crippen molar-refractivity contribution in [3.8, 4) is 0 Å². The first-order valence-corrected chi connectivity index (χ1v) is 10.0. The average molecular weight is 363 g/mol. The maximum absolute atomic E-state index is 6.01. The van der Waals surface area contributed by atoms with Gasteiger partial charge in [-0.2, -0.15) is 0 Å². The molecule has 0 fully saturated rings. The molecule has 3 nitrogen and oxygen atoms in total. The lowest BCUT2D eigenvalue weighted by molar-refractivity contribution is 0.310. The van der Waals surface area contributed by atoms with E-state index < -0.39 is 0 Å². The molecule has 2 aromatic rings. The molecule has 1 aliphatic rings. The predicted molar refractivity (Wildman–Crippen MR) is 115 cm³/mol. The summed E-state index contributed by atoms with van der Waals surface area (Å²) < 4.78 is 6.01. The third-order valence-electron chi connectivity index (χ3n) is 4.86. The van der Waals surface area contributed by atoms with Gasteiger partial charge in [0.2, 0.25) is 5.90 Å². The van der Waals surface area contributed by atoms with E-state index in [1.165, 1.54) is 11.1 Å². The van der Waals surface area contributed by atoms with E-state index >= 15 is 0 Å². The first-order chi connectivity index (χ1) is 13.1. The van der Waals surface area contributed by atoms with Crippen molar-refractivity contribution in [2.45, 2.75) is 52.4 Å². The van der Waals surface area contributed by atoms with Crippen LogP contribution in [0.3, 0.4) is 0 Å². The summed E-state index contributed by atoms with van der Waals surface area (Å²) in [4.78, 5) is 9.91. The van der Waals surface area contributed by atoms with E-state index in [1.54, 1.807) is 0 Å². The van der Waals surface area contributed by atoms with Gasteiger partial charge >= 0.3 is 0 Å². The Morgan fingerprint density at radius 3 is 2.19 bits per heavy atom. The Morgan fingerprint density at radius 1 is 0.889 bits per heavy atom. The highest BCUT2D eigenvalue weighted by Crippen LogP contribution is 2.35. The molecule has 0 N–H and O–H groups in total. The highest BCUT2D eigenvalue weighted by atomic mass is 16.5. The lowest BCUT2D eigenvalue weighted by atomic mass is 9.92. The normalized spacial score (nSPS) is 15.5. The number of aliphatic imine (C=N–C) groups is 2. The molecule has 0 aromatic heterocycles. The van der Waals surface area contributed by atoms with Gasteiger partial charge in [0.25, 0.3) is 0 Å². The highest BCUT2D eigenvalue weighted by molar-refractivity contribution is 6.46. The third kappa shape index (κ3) is 4.65. The highest BCUT2D eigenvalue weighted by Gasteiger charge is 2.19. The van der Waals surface area contributed by atoms with E-state index in [1.807, 2.05) is 18.2 Å². The van der Waals surface area contributed by atoms with E-state index in [0.29, 0.717) is 24.3 Å². The zero-order valence-electron chi connectivity index (χ0n) is 16.9. The predicted octanol–water partition coefficient (Wildman–Crippen LogP) is 6.26. The Morgan fingerprint density at radius 2 is 1.56 bits per heavy atom. The minimum Gasteiger partial charge on any atom is -0.476 e. The zero-order chi connectivity index (χ0) is 19.2. The molecule has 0 aliphatic carbocycles. The van der Waals surface area contributed by atoms with Gasteiger partial charge in [-0.1, -0.05) is 76.2 Å². The molecule has 0 spiro atoms. The van der Waals surface area contributed by atoms with Crippen molar-refractivity contribution in [3.63, 3.8) is 0 Å². The van der Waals surface area contributed by atoms with Crippen LogP contribution >= 0.6 is 0 Å². The van der Waals surface area contributed by atoms with Gasteiger partial charge in [-0.25, -0.2) is 9.98 Å². The second-order valence-electron chi connectivity index (χ2n) is 7.66. The third-order valence-corrected chi connectivity index (χ3v) is 4.86. The molecule has 0 atom stereocenters. The molecule has 0 amide bonds. The Balaban J connectivity index is 2.21. The molecular weight excluding hydrogens is 332 g/mol. The number of ether oxygens (including phenoxy) is 1. The van der Waals surface area contributed by atoms with E-state index in [0.717, 1.165) is 36.3 Å². The van der Waals surface area contributed by atoms with Crippen LogP contribution in [0.5, 0.6) is 0 Å². The molecule has 0 bridgehead atoms. The van der Waals surface area contributed by atoms with Gasteiger partial charge in [-0.05, 0) is 35.8 Å². The molecule has 0 radical (unpaired) electrons. The Labute approximate surface area is 163 Å². The topological polar surface area (TPSA) is 34.0 Å². The van der Waals surface area contributed by atoms with Crippen LogP contribution in [0.15, 0.2) is 58.5 Å². The van der Waals surface area contributed by atoms with Gasteiger partial charge < -0.3 is 4.74 Å². The first-order valence-electron chi connectivity index (χ1n) is 10.0. The quantitative estimate of drug-likeness (QED) is 0.578. The summed E-state index contributed by atoms with van der Waals surface area (Å²) >= 11 is 0. The minimum absolute atomic E-state index is 0.400. The SMILES string of the molecule is CC(C)c1cccc(C(C)C)c1N=C(C1=NCCCCO1)c1ccccc1. The maximum atomic E-state index is 6.01. The average Bonchev–Trinajstić information content (AvgIpc) is 2.95. The van der Waals surface area contributed by atoms with Crippen molar-refractivity contribution in [1.29, 1.82) is 0 Å².